The van der Waals surface area contributed by atoms with Crippen LogP contribution in [0.15, 0.2) is 29.4 Å². The van der Waals surface area contributed by atoms with Gasteiger partial charge in [0.1, 0.15) is 0 Å². The van der Waals surface area contributed by atoms with Crippen molar-refractivity contribution in [1.29, 1.82) is 0 Å². The number of hydrogen-bond acceptors (Lipinski definition) is 4. The van der Waals surface area contributed by atoms with Gasteiger partial charge in [-0.1, -0.05) is 36.7 Å². The predicted octanol–water partition coefficient (Wildman–Crippen LogP) is 3.96. The Balaban J connectivity index is 1.47. The third-order valence-corrected chi connectivity index (χ3v) is 6.99. The van der Waals surface area contributed by atoms with Gasteiger partial charge in [0.05, 0.1) is 23.4 Å². The third-order valence-electron chi connectivity index (χ3n) is 6.03. The van der Waals surface area contributed by atoms with Crippen molar-refractivity contribution in [2.45, 2.75) is 56.3 Å². The monoisotopic (exact) mass is 387 g/mol. The highest BCUT2D eigenvalue weighted by molar-refractivity contribution is 7.99. The van der Waals surface area contributed by atoms with E-state index in [1.807, 2.05) is 18.2 Å². The fourth-order valence-corrected chi connectivity index (χ4v) is 5.63. The summed E-state index contributed by atoms with van der Waals surface area (Å²) >= 11 is 1.57. The molecule has 2 heterocycles. The highest BCUT2D eigenvalue weighted by atomic mass is 32.2. The zero-order chi connectivity index (χ0) is 18.6. The maximum absolute atomic E-state index is 13.0. The number of para-hydroxylation sites is 2. The van der Waals surface area contributed by atoms with Crippen LogP contribution < -0.4 is 0 Å². The predicted molar refractivity (Wildman–Crippen MR) is 109 cm³/mol. The minimum atomic E-state index is 0.280. The van der Waals surface area contributed by atoms with Crippen LogP contribution in [0.3, 0.4) is 0 Å². The Kier molecular flexibility index (Phi) is 6.03. The molecule has 1 aliphatic heterocycles. The summed E-state index contributed by atoms with van der Waals surface area (Å²) in [5, 5.41) is 0.916. The zero-order valence-corrected chi connectivity index (χ0v) is 16.9. The van der Waals surface area contributed by atoms with Gasteiger partial charge in [-0.05, 0) is 43.7 Å². The number of carbonyl (C=O) groups is 1. The van der Waals surface area contributed by atoms with Gasteiger partial charge in [0.15, 0.2) is 5.16 Å². The molecule has 1 aromatic heterocycles. The van der Waals surface area contributed by atoms with Gasteiger partial charge in [0.25, 0.3) is 0 Å². The van der Waals surface area contributed by atoms with Crippen molar-refractivity contribution in [3.05, 3.63) is 24.3 Å². The number of ether oxygens (including phenoxy) is 1. The van der Waals surface area contributed by atoms with Crippen LogP contribution in [-0.4, -0.2) is 52.4 Å². The second-order valence-electron chi connectivity index (χ2n) is 7.66. The maximum Gasteiger partial charge on any atom is 0.233 e. The van der Waals surface area contributed by atoms with E-state index in [0.717, 1.165) is 41.6 Å². The first-order valence-electron chi connectivity index (χ1n) is 10.1. The molecule has 0 spiro atoms. The minimum Gasteiger partial charge on any atom is -0.383 e. The van der Waals surface area contributed by atoms with Crippen LogP contribution in [0.5, 0.6) is 0 Å². The van der Waals surface area contributed by atoms with E-state index in [2.05, 4.69) is 15.5 Å². The fraction of sp³-hybridized carbons (Fsp3) is 0.619. The van der Waals surface area contributed by atoms with Crippen molar-refractivity contribution >= 4 is 28.7 Å². The highest BCUT2D eigenvalue weighted by Crippen LogP contribution is 2.36. The van der Waals surface area contributed by atoms with Crippen molar-refractivity contribution in [3.8, 4) is 0 Å². The van der Waals surface area contributed by atoms with Gasteiger partial charge in [0, 0.05) is 26.2 Å². The van der Waals surface area contributed by atoms with E-state index in [4.69, 9.17) is 9.72 Å². The largest absolute Gasteiger partial charge is 0.383 e. The van der Waals surface area contributed by atoms with Crippen molar-refractivity contribution in [3.63, 3.8) is 0 Å². The Morgan fingerprint density at radius 2 is 2.04 bits per heavy atom. The van der Waals surface area contributed by atoms with Gasteiger partial charge < -0.3 is 14.2 Å². The van der Waals surface area contributed by atoms with Crippen molar-refractivity contribution < 1.29 is 9.53 Å². The van der Waals surface area contributed by atoms with Gasteiger partial charge in [0.2, 0.25) is 5.91 Å². The van der Waals surface area contributed by atoms with E-state index in [-0.39, 0.29) is 5.91 Å². The number of imidazole rings is 1. The number of hydrogen-bond donors (Lipinski definition) is 0. The normalized spacial score (nSPS) is 22.8. The number of rotatable bonds is 6. The highest BCUT2D eigenvalue weighted by Gasteiger charge is 2.35. The number of likely N-dealkylation sites (tertiary alicyclic amines) is 1. The maximum atomic E-state index is 13.0. The third kappa shape index (κ3) is 4.02. The Morgan fingerprint density at radius 1 is 1.22 bits per heavy atom. The second-order valence-corrected chi connectivity index (χ2v) is 8.60. The molecule has 0 radical (unpaired) electrons. The molecule has 1 saturated carbocycles. The second kappa shape index (κ2) is 8.65. The lowest BCUT2D eigenvalue weighted by molar-refractivity contribution is -0.134. The number of carbonyl (C=O) groups excluding carboxylic acids is 1. The molecule has 2 fully saturated rings. The summed E-state index contributed by atoms with van der Waals surface area (Å²) in [5.74, 6) is 1.48. The van der Waals surface area contributed by atoms with Crippen LogP contribution in [0.4, 0.5) is 0 Å². The molecule has 2 aliphatic rings. The van der Waals surface area contributed by atoms with E-state index in [1.54, 1.807) is 18.9 Å². The Hall–Kier alpha value is -1.53. The minimum absolute atomic E-state index is 0.280. The Morgan fingerprint density at radius 3 is 2.93 bits per heavy atom. The van der Waals surface area contributed by atoms with E-state index >= 15 is 0 Å². The molecule has 27 heavy (non-hydrogen) atoms. The molecule has 5 nitrogen and oxygen atoms in total. The first-order chi connectivity index (χ1) is 13.3. The molecule has 1 aromatic carbocycles. The van der Waals surface area contributed by atoms with E-state index in [9.17, 15) is 4.79 Å². The van der Waals surface area contributed by atoms with Crippen LogP contribution >= 0.6 is 11.8 Å². The number of thioether (sulfide) groups is 1. The number of amides is 1. The van der Waals surface area contributed by atoms with Gasteiger partial charge in [-0.3, -0.25) is 4.79 Å². The van der Waals surface area contributed by atoms with Crippen LogP contribution in [0.25, 0.3) is 11.0 Å². The summed E-state index contributed by atoms with van der Waals surface area (Å²) in [7, 11) is 1.71. The lowest BCUT2D eigenvalue weighted by atomic mass is 9.78. The molecule has 4 rings (SSSR count). The Bertz CT molecular complexity index is 789. The molecule has 146 valence electrons. The molecule has 1 aliphatic carbocycles. The lowest BCUT2D eigenvalue weighted by Gasteiger charge is -2.44. The number of fused-ring (bicyclic) bond motifs is 2. The molecule has 2 atom stereocenters. The van der Waals surface area contributed by atoms with Gasteiger partial charge >= 0.3 is 0 Å². The van der Waals surface area contributed by atoms with Crippen molar-refractivity contribution in [2.24, 2.45) is 5.92 Å². The topological polar surface area (TPSA) is 47.4 Å². The average molecular weight is 388 g/mol. The number of benzene rings is 1. The molecule has 6 heteroatoms. The number of aromatic nitrogens is 2. The van der Waals surface area contributed by atoms with Crippen molar-refractivity contribution in [2.75, 3.05) is 26.0 Å². The summed E-state index contributed by atoms with van der Waals surface area (Å²) in [5.41, 5.74) is 2.09. The van der Waals surface area contributed by atoms with Gasteiger partial charge in [-0.15, -0.1) is 0 Å². The molecular formula is C21H29N3O2S. The summed E-state index contributed by atoms with van der Waals surface area (Å²) in [6.07, 6.45) is 7.55. The molecule has 2 aromatic rings. The van der Waals surface area contributed by atoms with E-state index in [1.165, 1.54) is 32.1 Å². The quantitative estimate of drug-likeness (QED) is 0.704. The number of piperidine rings is 1. The smallest absolute Gasteiger partial charge is 0.233 e. The molecule has 1 amide bonds. The van der Waals surface area contributed by atoms with Crippen LogP contribution in [0.2, 0.25) is 0 Å². The molecule has 2 unspecified atom stereocenters. The SMILES string of the molecule is COCCn1c(SCC(=O)N2CCCC3CCCCC32)nc2ccccc21. The fourth-order valence-electron chi connectivity index (χ4n) is 4.71. The number of nitrogens with zero attached hydrogens (tertiary/aromatic N) is 3. The van der Waals surface area contributed by atoms with Crippen molar-refractivity contribution in [1.82, 2.24) is 14.5 Å². The Labute approximate surface area is 165 Å². The van der Waals surface area contributed by atoms with Gasteiger partial charge in [-0.2, -0.15) is 0 Å². The first kappa shape index (κ1) is 18.8. The van der Waals surface area contributed by atoms with E-state index in [0.29, 0.717) is 18.4 Å². The standard InChI is InChI=1S/C21H29N3O2S/c1-26-14-13-24-19-11-5-3-9-17(19)22-21(24)27-15-20(25)23-12-6-8-16-7-2-4-10-18(16)23/h3,5,9,11,16,18H,2,4,6-8,10,12-15H2,1H3. The molecular weight excluding hydrogens is 358 g/mol. The van der Waals surface area contributed by atoms with E-state index < -0.39 is 0 Å². The number of methoxy groups -OCH3 is 1. The van der Waals surface area contributed by atoms with Crippen LogP contribution in [0.1, 0.15) is 38.5 Å². The summed E-state index contributed by atoms with van der Waals surface area (Å²) in [6, 6.07) is 8.63. The average Bonchev–Trinajstić information content (AvgIpc) is 3.07. The summed E-state index contributed by atoms with van der Waals surface area (Å²) in [4.78, 5) is 20.0. The summed E-state index contributed by atoms with van der Waals surface area (Å²) < 4.78 is 7.44. The zero-order valence-electron chi connectivity index (χ0n) is 16.1. The van der Waals surface area contributed by atoms with Gasteiger partial charge in [-0.25, -0.2) is 4.98 Å². The molecule has 1 saturated heterocycles. The molecule has 0 bridgehead atoms. The lowest BCUT2D eigenvalue weighted by Crippen LogP contribution is -2.50. The van der Waals surface area contributed by atoms with Crippen LogP contribution in [-0.2, 0) is 16.1 Å². The molecule has 0 N–H and O–H groups in total. The van der Waals surface area contributed by atoms with Crippen LogP contribution in [0, 0.1) is 5.92 Å². The first-order valence-corrected chi connectivity index (χ1v) is 11.1. The summed E-state index contributed by atoms with van der Waals surface area (Å²) in [6.45, 7) is 2.32.